The lowest BCUT2D eigenvalue weighted by molar-refractivity contribution is 0.103. The van der Waals surface area contributed by atoms with Gasteiger partial charge in [0.2, 0.25) is 5.13 Å². The molecule has 0 aliphatic heterocycles. The third-order valence-electron chi connectivity index (χ3n) is 1.55. The second kappa shape index (κ2) is 4.69. The Kier molecular flexibility index (Phi) is 3.30. The highest BCUT2D eigenvalue weighted by molar-refractivity contribution is 7.16. The number of carbonyl (C=O) groups is 1. The Morgan fingerprint density at radius 2 is 2.40 bits per heavy atom. The molecule has 7 heteroatoms. The van der Waals surface area contributed by atoms with Crippen molar-refractivity contribution in [1.82, 2.24) is 10.2 Å². The van der Waals surface area contributed by atoms with Gasteiger partial charge >= 0.3 is 0 Å². The number of nitrogens with one attached hydrogen (secondary N) is 1. The van der Waals surface area contributed by atoms with Crippen molar-refractivity contribution < 1.29 is 4.79 Å². The van der Waals surface area contributed by atoms with E-state index in [1.807, 2.05) is 11.4 Å². The van der Waals surface area contributed by atoms with Crippen LogP contribution in [0.1, 0.15) is 14.7 Å². The summed E-state index contributed by atoms with van der Waals surface area (Å²) in [6.45, 7) is 0. The molecule has 0 bridgehead atoms. The summed E-state index contributed by atoms with van der Waals surface area (Å²) in [5, 5.41) is 13.3. The van der Waals surface area contributed by atoms with Crippen LogP contribution in [-0.4, -0.2) is 16.1 Å². The molecule has 0 aliphatic carbocycles. The Labute approximate surface area is 98.9 Å². The van der Waals surface area contributed by atoms with E-state index >= 15 is 0 Å². The smallest absolute Gasteiger partial charge is 0.267 e. The van der Waals surface area contributed by atoms with Crippen LogP contribution >= 0.6 is 34.3 Å². The predicted molar refractivity (Wildman–Crippen MR) is 61.7 cm³/mol. The van der Waals surface area contributed by atoms with Gasteiger partial charge in [-0.1, -0.05) is 17.4 Å². The molecule has 4 nitrogen and oxygen atoms in total. The van der Waals surface area contributed by atoms with Crippen molar-refractivity contribution >= 4 is 45.3 Å². The number of anilines is 1. The standard InChI is InChI=1S/C8H6ClN3OS2/c9-4-6-11-12-8(15-6)10-7(13)5-2-1-3-14-5/h1-3H,4H2,(H,10,12,13). The van der Waals surface area contributed by atoms with E-state index in [4.69, 9.17) is 11.6 Å². The Balaban J connectivity index is 2.06. The van der Waals surface area contributed by atoms with Crippen molar-refractivity contribution in [2.24, 2.45) is 0 Å². The van der Waals surface area contributed by atoms with Gasteiger partial charge in [-0.3, -0.25) is 10.1 Å². The lowest BCUT2D eigenvalue weighted by atomic mass is 10.4. The zero-order chi connectivity index (χ0) is 10.7. The maximum absolute atomic E-state index is 11.6. The molecule has 0 aromatic carbocycles. The van der Waals surface area contributed by atoms with Gasteiger partial charge in [0.15, 0.2) is 0 Å². The molecule has 0 saturated heterocycles. The topological polar surface area (TPSA) is 54.9 Å². The first-order valence-electron chi connectivity index (χ1n) is 4.03. The summed E-state index contributed by atoms with van der Waals surface area (Å²) in [5.41, 5.74) is 0. The normalized spacial score (nSPS) is 10.2. The summed E-state index contributed by atoms with van der Waals surface area (Å²) in [4.78, 5) is 12.2. The maximum atomic E-state index is 11.6. The molecule has 2 aromatic rings. The third kappa shape index (κ3) is 2.53. The molecule has 15 heavy (non-hydrogen) atoms. The van der Waals surface area contributed by atoms with Gasteiger partial charge in [-0.25, -0.2) is 0 Å². The Bertz CT molecular complexity index is 454. The monoisotopic (exact) mass is 259 g/mol. The number of aromatic nitrogens is 2. The second-order valence-electron chi connectivity index (χ2n) is 2.57. The molecule has 0 aliphatic rings. The molecule has 2 aromatic heterocycles. The highest BCUT2D eigenvalue weighted by atomic mass is 35.5. The number of amides is 1. The molecule has 0 unspecified atom stereocenters. The number of alkyl halides is 1. The molecule has 2 heterocycles. The van der Waals surface area contributed by atoms with E-state index in [1.165, 1.54) is 22.7 Å². The van der Waals surface area contributed by atoms with Gasteiger partial charge in [0, 0.05) is 0 Å². The second-order valence-corrected chi connectivity index (χ2v) is 4.84. The zero-order valence-corrected chi connectivity index (χ0v) is 9.83. The van der Waals surface area contributed by atoms with Crippen molar-refractivity contribution in [3.8, 4) is 0 Å². The Morgan fingerprint density at radius 3 is 3.00 bits per heavy atom. The van der Waals surface area contributed by atoms with Gasteiger partial charge in [-0.15, -0.1) is 33.1 Å². The summed E-state index contributed by atoms with van der Waals surface area (Å²) in [6.07, 6.45) is 0. The lowest BCUT2D eigenvalue weighted by Crippen LogP contribution is -2.09. The zero-order valence-electron chi connectivity index (χ0n) is 7.44. The summed E-state index contributed by atoms with van der Waals surface area (Å²) >= 11 is 8.23. The minimum atomic E-state index is -0.165. The van der Waals surface area contributed by atoms with Crippen LogP contribution in [-0.2, 0) is 5.88 Å². The summed E-state index contributed by atoms with van der Waals surface area (Å²) < 4.78 is 0. The van der Waals surface area contributed by atoms with Crippen LogP contribution < -0.4 is 5.32 Å². The Morgan fingerprint density at radius 1 is 1.53 bits per heavy atom. The molecule has 78 valence electrons. The van der Waals surface area contributed by atoms with Crippen molar-refractivity contribution in [1.29, 1.82) is 0 Å². The summed E-state index contributed by atoms with van der Waals surface area (Å²) in [6, 6.07) is 3.58. The van der Waals surface area contributed by atoms with E-state index in [1.54, 1.807) is 6.07 Å². The van der Waals surface area contributed by atoms with Crippen molar-refractivity contribution in [3.05, 3.63) is 27.4 Å². The van der Waals surface area contributed by atoms with Crippen molar-refractivity contribution in [2.45, 2.75) is 5.88 Å². The molecular formula is C8H6ClN3OS2. The molecule has 1 amide bonds. The first-order valence-corrected chi connectivity index (χ1v) is 6.26. The van der Waals surface area contributed by atoms with Crippen molar-refractivity contribution in [2.75, 3.05) is 5.32 Å². The number of carbonyl (C=O) groups excluding carboxylic acids is 1. The van der Waals surface area contributed by atoms with Gasteiger partial charge < -0.3 is 0 Å². The number of rotatable bonds is 3. The average molecular weight is 260 g/mol. The molecule has 2 rings (SSSR count). The minimum Gasteiger partial charge on any atom is -0.296 e. The summed E-state index contributed by atoms with van der Waals surface area (Å²) in [7, 11) is 0. The van der Waals surface area contributed by atoms with E-state index in [-0.39, 0.29) is 5.91 Å². The fourth-order valence-electron chi connectivity index (χ4n) is 0.925. The van der Waals surface area contributed by atoms with Gasteiger partial charge in [0.25, 0.3) is 5.91 Å². The SMILES string of the molecule is O=C(Nc1nnc(CCl)s1)c1cccs1. The predicted octanol–water partition coefficient (Wildman–Crippen LogP) is 2.59. The van der Waals surface area contributed by atoms with Gasteiger partial charge in [0.05, 0.1) is 10.8 Å². The quantitative estimate of drug-likeness (QED) is 0.862. The largest absolute Gasteiger partial charge is 0.296 e. The van der Waals surface area contributed by atoms with Crippen LogP contribution in [0.25, 0.3) is 0 Å². The first-order chi connectivity index (χ1) is 7.29. The molecule has 0 saturated carbocycles. The van der Waals surface area contributed by atoms with Crippen LogP contribution in [0, 0.1) is 0 Å². The van der Waals surface area contributed by atoms with Crippen LogP contribution in [0.3, 0.4) is 0 Å². The fourth-order valence-corrected chi connectivity index (χ4v) is 2.35. The van der Waals surface area contributed by atoms with Gasteiger partial charge in [-0.05, 0) is 11.4 Å². The summed E-state index contributed by atoms with van der Waals surface area (Å²) in [5.74, 6) is 0.147. The van der Waals surface area contributed by atoms with Crippen LogP contribution in [0.2, 0.25) is 0 Å². The number of thiophene rings is 1. The van der Waals surface area contributed by atoms with E-state index in [0.29, 0.717) is 20.9 Å². The number of halogens is 1. The van der Waals surface area contributed by atoms with Gasteiger partial charge in [0.1, 0.15) is 5.01 Å². The average Bonchev–Trinajstić information content (AvgIpc) is 2.87. The lowest BCUT2D eigenvalue weighted by Gasteiger charge is -1.95. The number of hydrogen-bond acceptors (Lipinski definition) is 5. The maximum Gasteiger partial charge on any atom is 0.267 e. The molecule has 0 fully saturated rings. The van der Waals surface area contributed by atoms with E-state index < -0.39 is 0 Å². The third-order valence-corrected chi connectivity index (χ3v) is 3.67. The first kappa shape index (κ1) is 10.5. The minimum absolute atomic E-state index is 0.165. The van der Waals surface area contributed by atoms with Crippen LogP contribution in [0.5, 0.6) is 0 Å². The molecular weight excluding hydrogens is 254 g/mol. The van der Waals surface area contributed by atoms with Crippen LogP contribution in [0.15, 0.2) is 17.5 Å². The fraction of sp³-hybridized carbons (Fsp3) is 0.125. The van der Waals surface area contributed by atoms with Crippen molar-refractivity contribution in [3.63, 3.8) is 0 Å². The number of hydrogen-bond donors (Lipinski definition) is 1. The van der Waals surface area contributed by atoms with E-state index in [2.05, 4.69) is 15.5 Å². The van der Waals surface area contributed by atoms with Gasteiger partial charge in [-0.2, -0.15) is 0 Å². The molecule has 1 N–H and O–H groups in total. The Hall–Kier alpha value is -0.980. The van der Waals surface area contributed by atoms with E-state index in [9.17, 15) is 4.79 Å². The number of nitrogens with zero attached hydrogens (tertiary/aromatic N) is 2. The van der Waals surface area contributed by atoms with E-state index in [0.717, 1.165) is 0 Å². The highest BCUT2D eigenvalue weighted by Crippen LogP contribution is 2.18. The molecule has 0 radical (unpaired) electrons. The van der Waals surface area contributed by atoms with Crippen LogP contribution in [0.4, 0.5) is 5.13 Å². The molecule has 0 spiro atoms. The highest BCUT2D eigenvalue weighted by Gasteiger charge is 2.10. The molecule has 0 atom stereocenters.